The van der Waals surface area contributed by atoms with Crippen LogP contribution in [-0.4, -0.2) is 32.8 Å². The summed E-state index contributed by atoms with van der Waals surface area (Å²) in [5.41, 5.74) is 4.43. The molecule has 0 spiro atoms. The predicted molar refractivity (Wildman–Crippen MR) is 112 cm³/mol. The Kier molecular flexibility index (Phi) is 5.87. The zero-order chi connectivity index (χ0) is 20.1. The minimum absolute atomic E-state index is 0.434. The fraction of sp³-hybridized carbons (Fsp3) is 0.130. The zero-order valence-electron chi connectivity index (χ0n) is 16.0. The number of hydrogen-bond donors (Lipinski definition) is 1. The molecular formula is C23H23N3O2. The van der Waals surface area contributed by atoms with E-state index in [0.29, 0.717) is 17.2 Å². The molecule has 2 aromatic heterocycles. The topological polar surface area (TPSA) is 58.4 Å². The molecule has 0 saturated carbocycles. The number of nitrogens with zero attached hydrogens (tertiary/aromatic N) is 3. The SMILES string of the molecule is C=CC(=CC=CC)c1cnc2c(ccn2Cc2ccc(C(=O)N(C)O)cc2)c1. The molecule has 1 aromatic carbocycles. The first-order chi connectivity index (χ1) is 13.5. The molecule has 0 radical (unpaired) electrons. The Labute approximate surface area is 164 Å². The summed E-state index contributed by atoms with van der Waals surface area (Å²) in [6, 6.07) is 11.3. The second kappa shape index (κ2) is 8.50. The van der Waals surface area contributed by atoms with Crippen molar-refractivity contribution in [2.75, 3.05) is 7.05 Å². The number of carbonyl (C=O) groups excluding carboxylic acids is 1. The van der Waals surface area contributed by atoms with Crippen molar-refractivity contribution in [3.63, 3.8) is 0 Å². The van der Waals surface area contributed by atoms with E-state index < -0.39 is 5.91 Å². The van der Waals surface area contributed by atoms with Crippen molar-refractivity contribution >= 4 is 22.5 Å². The van der Waals surface area contributed by atoms with E-state index in [4.69, 9.17) is 0 Å². The van der Waals surface area contributed by atoms with Gasteiger partial charge in [0, 0.05) is 42.5 Å². The van der Waals surface area contributed by atoms with Crippen molar-refractivity contribution in [2.45, 2.75) is 13.5 Å². The molecule has 0 bridgehead atoms. The molecule has 0 saturated heterocycles. The highest BCUT2D eigenvalue weighted by molar-refractivity contribution is 5.93. The molecule has 2 heterocycles. The predicted octanol–water partition coefficient (Wildman–Crippen LogP) is 4.69. The van der Waals surface area contributed by atoms with E-state index >= 15 is 0 Å². The Balaban J connectivity index is 1.85. The molecule has 0 fully saturated rings. The first-order valence-electron chi connectivity index (χ1n) is 9.00. The van der Waals surface area contributed by atoms with E-state index in [1.165, 1.54) is 7.05 Å². The van der Waals surface area contributed by atoms with Crippen LogP contribution in [0.3, 0.4) is 0 Å². The van der Waals surface area contributed by atoms with Crippen LogP contribution in [0.15, 0.2) is 79.7 Å². The third-order valence-electron chi connectivity index (χ3n) is 4.47. The molecule has 0 aliphatic rings. The summed E-state index contributed by atoms with van der Waals surface area (Å²) >= 11 is 0. The van der Waals surface area contributed by atoms with Crippen LogP contribution in [-0.2, 0) is 6.54 Å². The van der Waals surface area contributed by atoms with Gasteiger partial charge in [0.25, 0.3) is 5.91 Å². The van der Waals surface area contributed by atoms with Gasteiger partial charge in [-0.15, -0.1) is 0 Å². The lowest BCUT2D eigenvalue weighted by molar-refractivity contribution is -0.0374. The van der Waals surface area contributed by atoms with Gasteiger partial charge >= 0.3 is 0 Å². The normalized spacial score (nSPS) is 11.9. The third-order valence-corrected chi connectivity index (χ3v) is 4.47. The Hall–Kier alpha value is -3.44. The van der Waals surface area contributed by atoms with Gasteiger partial charge in [0.2, 0.25) is 0 Å². The van der Waals surface area contributed by atoms with Crippen molar-refractivity contribution in [3.8, 4) is 0 Å². The van der Waals surface area contributed by atoms with Crippen molar-refractivity contribution in [1.29, 1.82) is 0 Å². The quantitative estimate of drug-likeness (QED) is 0.387. The van der Waals surface area contributed by atoms with Gasteiger partial charge in [0.05, 0.1) is 0 Å². The number of benzene rings is 1. The van der Waals surface area contributed by atoms with Crippen molar-refractivity contribution < 1.29 is 10.0 Å². The Morgan fingerprint density at radius 3 is 2.64 bits per heavy atom. The third kappa shape index (κ3) is 4.10. The molecule has 1 amide bonds. The molecule has 3 aromatic rings. The fourth-order valence-electron chi connectivity index (χ4n) is 2.98. The highest BCUT2D eigenvalue weighted by atomic mass is 16.5. The van der Waals surface area contributed by atoms with Gasteiger partial charge in [-0.1, -0.05) is 43.0 Å². The maximum absolute atomic E-state index is 11.8. The van der Waals surface area contributed by atoms with Crippen LogP contribution in [0.4, 0.5) is 0 Å². The summed E-state index contributed by atoms with van der Waals surface area (Å²) < 4.78 is 2.07. The fourth-order valence-corrected chi connectivity index (χ4v) is 2.98. The lowest BCUT2D eigenvalue weighted by Crippen LogP contribution is -2.22. The lowest BCUT2D eigenvalue weighted by Gasteiger charge is -2.10. The highest BCUT2D eigenvalue weighted by Crippen LogP contribution is 2.22. The Morgan fingerprint density at radius 1 is 1.25 bits per heavy atom. The number of rotatable bonds is 6. The van der Waals surface area contributed by atoms with Gasteiger partial charge in [-0.05, 0) is 42.3 Å². The Morgan fingerprint density at radius 2 is 2.00 bits per heavy atom. The second-order valence-corrected chi connectivity index (χ2v) is 6.46. The van der Waals surface area contributed by atoms with E-state index in [1.54, 1.807) is 12.1 Å². The Bertz CT molecular complexity index is 1060. The molecule has 142 valence electrons. The largest absolute Gasteiger partial charge is 0.328 e. The molecule has 0 aliphatic heterocycles. The van der Waals surface area contributed by atoms with E-state index in [0.717, 1.165) is 27.7 Å². The summed E-state index contributed by atoms with van der Waals surface area (Å²) in [5.74, 6) is -0.434. The van der Waals surface area contributed by atoms with Crippen LogP contribution in [0.1, 0.15) is 28.4 Å². The average Bonchev–Trinajstić information content (AvgIpc) is 3.10. The lowest BCUT2D eigenvalue weighted by atomic mass is 10.1. The number of aromatic nitrogens is 2. The minimum atomic E-state index is -0.434. The van der Waals surface area contributed by atoms with Crippen LogP contribution in [0.2, 0.25) is 0 Å². The standard InChI is InChI=1S/C23H23N3O2/c1-4-6-7-18(5-2)21-14-20-12-13-26(22(20)24-15-21)16-17-8-10-19(11-9-17)23(27)25(3)28/h4-15,28H,2,16H2,1,3H3. The summed E-state index contributed by atoms with van der Waals surface area (Å²) in [4.78, 5) is 16.4. The summed E-state index contributed by atoms with van der Waals surface area (Å²) in [5, 5.41) is 10.9. The van der Waals surface area contributed by atoms with E-state index in [1.807, 2.05) is 61.8 Å². The molecule has 1 N–H and O–H groups in total. The summed E-state index contributed by atoms with van der Waals surface area (Å²) in [6.45, 7) is 6.50. The smallest absolute Gasteiger partial charge is 0.276 e. The van der Waals surface area contributed by atoms with Gasteiger partial charge in [-0.3, -0.25) is 10.0 Å². The van der Waals surface area contributed by atoms with Crippen molar-refractivity contribution in [3.05, 3.63) is 96.4 Å². The first kappa shape index (κ1) is 19.3. The van der Waals surface area contributed by atoms with Gasteiger partial charge in [-0.25, -0.2) is 10.0 Å². The van der Waals surface area contributed by atoms with E-state index in [2.05, 4.69) is 22.2 Å². The monoisotopic (exact) mass is 373 g/mol. The molecule has 5 heteroatoms. The van der Waals surface area contributed by atoms with Crippen molar-refractivity contribution in [1.82, 2.24) is 14.6 Å². The summed E-state index contributed by atoms with van der Waals surface area (Å²) in [6.07, 6.45) is 11.7. The van der Waals surface area contributed by atoms with Crippen LogP contribution in [0.25, 0.3) is 16.6 Å². The first-order valence-corrected chi connectivity index (χ1v) is 9.00. The molecule has 0 aliphatic carbocycles. The van der Waals surface area contributed by atoms with Gasteiger partial charge < -0.3 is 4.57 Å². The van der Waals surface area contributed by atoms with Crippen molar-refractivity contribution in [2.24, 2.45) is 0 Å². The van der Waals surface area contributed by atoms with Gasteiger partial charge in [-0.2, -0.15) is 0 Å². The number of amides is 1. The average molecular weight is 373 g/mol. The number of fused-ring (bicyclic) bond motifs is 1. The second-order valence-electron chi connectivity index (χ2n) is 6.46. The molecule has 0 unspecified atom stereocenters. The van der Waals surface area contributed by atoms with Crippen LogP contribution < -0.4 is 0 Å². The molecule has 28 heavy (non-hydrogen) atoms. The molecule has 3 rings (SSSR count). The zero-order valence-corrected chi connectivity index (χ0v) is 16.0. The van der Waals surface area contributed by atoms with Gasteiger partial charge in [0.15, 0.2) is 0 Å². The van der Waals surface area contributed by atoms with E-state index in [9.17, 15) is 10.0 Å². The van der Waals surface area contributed by atoms with E-state index in [-0.39, 0.29) is 0 Å². The number of allylic oxidation sites excluding steroid dienone is 5. The number of hydroxylamine groups is 2. The molecule has 5 nitrogen and oxygen atoms in total. The highest BCUT2D eigenvalue weighted by Gasteiger charge is 2.10. The van der Waals surface area contributed by atoms with Crippen LogP contribution in [0.5, 0.6) is 0 Å². The summed E-state index contributed by atoms with van der Waals surface area (Å²) in [7, 11) is 1.31. The number of carbonyl (C=O) groups is 1. The number of hydrogen-bond acceptors (Lipinski definition) is 3. The molecular weight excluding hydrogens is 350 g/mol. The molecule has 0 atom stereocenters. The van der Waals surface area contributed by atoms with Crippen LogP contribution >= 0.6 is 0 Å². The van der Waals surface area contributed by atoms with Gasteiger partial charge in [0.1, 0.15) is 5.65 Å². The minimum Gasteiger partial charge on any atom is -0.328 e. The maximum atomic E-state index is 11.8. The number of pyridine rings is 1. The maximum Gasteiger partial charge on any atom is 0.276 e. The van der Waals surface area contributed by atoms with Crippen LogP contribution in [0, 0.1) is 0 Å².